The minimum absolute atomic E-state index is 0.101. The predicted octanol–water partition coefficient (Wildman–Crippen LogP) is 6.20. The second kappa shape index (κ2) is 11.2. The Bertz CT molecular complexity index is 1770. The van der Waals surface area contributed by atoms with Crippen LogP contribution in [0, 0.1) is 13.8 Å². The van der Waals surface area contributed by atoms with Crippen LogP contribution in [0.5, 0.6) is 0 Å². The minimum Gasteiger partial charge on any atom is -0.207 e. The van der Waals surface area contributed by atoms with Crippen LogP contribution >= 0.6 is 0 Å². The summed E-state index contributed by atoms with van der Waals surface area (Å²) in [6.07, 6.45) is 3.49. The molecule has 8 heteroatoms. The van der Waals surface area contributed by atoms with E-state index in [1.165, 1.54) is 11.1 Å². The van der Waals surface area contributed by atoms with E-state index in [1.807, 2.05) is 74.5 Å². The second-order valence-corrected chi connectivity index (χ2v) is 16.5. The van der Waals surface area contributed by atoms with E-state index >= 15 is 0 Å². The van der Waals surface area contributed by atoms with Crippen LogP contribution in [0.1, 0.15) is 58.1 Å². The van der Waals surface area contributed by atoms with E-state index in [-0.39, 0.29) is 12.1 Å². The third kappa shape index (κ3) is 5.21. The van der Waals surface area contributed by atoms with Crippen molar-refractivity contribution >= 4 is 20.0 Å². The molecule has 0 spiro atoms. The lowest BCUT2D eigenvalue weighted by atomic mass is 9.94. The molecule has 4 atom stereocenters. The minimum atomic E-state index is -3.34. The molecule has 0 bridgehead atoms. The van der Waals surface area contributed by atoms with Crippen LogP contribution in [-0.2, 0) is 32.9 Å². The highest BCUT2D eigenvalue weighted by atomic mass is 32.2. The van der Waals surface area contributed by atoms with Gasteiger partial charge in [0.15, 0.2) is 0 Å². The van der Waals surface area contributed by atoms with Crippen LogP contribution in [0.15, 0.2) is 107 Å². The number of benzene rings is 4. The maximum absolute atomic E-state index is 12.9. The quantitative estimate of drug-likeness (QED) is 0.266. The van der Waals surface area contributed by atoms with Gasteiger partial charge in [0.05, 0.1) is 9.79 Å². The van der Waals surface area contributed by atoms with Gasteiger partial charge in [0.25, 0.3) is 0 Å². The molecule has 4 aliphatic heterocycles. The van der Waals surface area contributed by atoms with Gasteiger partial charge in [0.1, 0.15) is 0 Å². The van der Waals surface area contributed by atoms with Gasteiger partial charge in [-0.15, -0.1) is 0 Å². The fraction of sp³-hybridized carbons (Fsp3) is 0.333. The molecular formula is C36H38N2O4S2. The Morgan fingerprint density at radius 1 is 0.545 bits per heavy atom. The van der Waals surface area contributed by atoms with Gasteiger partial charge in [-0.3, -0.25) is 0 Å². The van der Waals surface area contributed by atoms with Crippen LogP contribution in [0.3, 0.4) is 0 Å². The summed E-state index contributed by atoms with van der Waals surface area (Å²) in [7, 11) is -6.69. The number of hydrogen-bond donors (Lipinski definition) is 0. The maximum atomic E-state index is 12.9. The molecule has 0 unspecified atom stereocenters. The molecule has 0 saturated carbocycles. The van der Waals surface area contributed by atoms with Gasteiger partial charge in [0, 0.05) is 25.2 Å². The highest BCUT2D eigenvalue weighted by molar-refractivity contribution is 7.89. The fourth-order valence-corrected chi connectivity index (χ4v) is 11.5. The number of rotatable bonds is 2. The molecule has 2 saturated heterocycles. The SMILES string of the molecule is Cc1ccc2c(c1)C[C@@H]1C[C@@H](c3ccccc3)CN1S2(=O)=O.Cc1ccc2c(c1)C[C@H]1C[C@H](c3ccccc3)CN1S2(=O)=O. The zero-order chi connectivity index (χ0) is 30.6. The molecule has 2 fully saturated rings. The van der Waals surface area contributed by atoms with Crippen LogP contribution in [0.4, 0.5) is 0 Å². The lowest BCUT2D eigenvalue weighted by Gasteiger charge is -2.30. The first-order valence-electron chi connectivity index (χ1n) is 15.4. The standard InChI is InChI=1S/2C18H19NO2S/c2*1-13-7-8-18-15(9-13)10-17-11-16(12-19(17)22(18,20)21)14-5-3-2-4-6-14/h2*2-9,16-17H,10-12H2,1H3/t2*16-,17-/m10/s1. The van der Waals surface area contributed by atoms with Crippen LogP contribution in [0.25, 0.3) is 0 Å². The van der Waals surface area contributed by atoms with Crippen LogP contribution < -0.4 is 0 Å². The highest BCUT2D eigenvalue weighted by Gasteiger charge is 2.46. The lowest BCUT2D eigenvalue weighted by molar-refractivity contribution is 0.370. The van der Waals surface area contributed by atoms with Crippen molar-refractivity contribution in [2.75, 3.05) is 13.1 Å². The van der Waals surface area contributed by atoms with Gasteiger partial charge in [-0.1, -0.05) is 96.1 Å². The molecular weight excluding hydrogens is 589 g/mol. The first-order valence-corrected chi connectivity index (χ1v) is 18.3. The Morgan fingerprint density at radius 3 is 1.32 bits per heavy atom. The zero-order valence-electron chi connectivity index (χ0n) is 25.1. The number of fused-ring (bicyclic) bond motifs is 4. The van der Waals surface area contributed by atoms with Gasteiger partial charge >= 0.3 is 0 Å². The van der Waals surface area contributed by atoms with Gasteiger partial charge in [0.2, 0.25) is 20.0 Å². The molecule has 4 aliphatic rings. The maximum Gasteiger partial charge on any atom is 0.243 e. The number of aryl methyl sites for hydroxylation is 2. The second-order valence-electron chi connectivity index (χ2n) is 12.8. The largest absolute Gasteiger partial charge is 0.243 e. The van der Waals surface area contributed by atoms with E-state index in [0.29, 0.717) is 34.7 Å². The molecule has 4 heterocycles. The van der Waals surface area contributed by atoms with E-state index in [2.05, 4.69) is 24.3 Å². The summed E-state index contributed by atoms with van der Waals surface area (Å²) < 4.78 is 55.0. The molecule has 4 aromatic rings. The van der Waals surface area contributed by atoms with Crippen LogP contribution in [0.2, 0.25) is 0 Å². The summed E-state index contributed by atoms with van der Waals surface area (Å²) in [6, 6.07) is 32.1. The summed E-state index contributed by atoms with van der Waals surface area (Å²) in [5.74, 6) is 0.604. The average Bonchev–Trinajstić information content (AvgIpc) is 3.64. The number of nitrogens with zero attached hydrogens (tertiary/aromatic N) is 2. The van der Waals surface area contributed by atoms with Crippen molar-refractivity contribution in [3.05, 3.63) is 130 Å². The molecule has 8 rings (SSSR count). The summed E-state index contributed by atoms with van der Waals surface area (Å²) in [6.45, 7) is 5.23. The Morgan fingerprint density at radius 2 is 0.932 bits per heavy atom. The molecule has 44 heavy (non-hydrogen) atoms. The third-order valence-corrected chi connectivity index (χ3v) is 13.8. The summed E-state index contributed by atoms with van der Waals surface area (Å²) in [5, 5.41) is 0. The molecule has 0 radical (unpaired) electrons. The Labute approximate surface area is 261 Å². The topological polar surface area (TPSA) is 74.8 Å². The van der Waals surface area contributed by atoms with E-state index in [1.54, 1.807) is 20.7 Å². The summed E-state index contributed by atoms with van der Waals surface area (Å²) >= 11 is 0. The van der Waals surface area contributed by atoms with Gasteiger partial charge in [-0.05, 0) is 85.8 Å². The lowest BCUT2D eigenvalue weighted by Crippen LogP contribution is -2.41. The van der Waals surface area contributed by atoms with Gasteiger partial charge in [-0.2, -0.15) is 8.61 Å². The Balaban J connectivity index is 0.000000142. The molecule has 0 N–H and O–H groups in total. The molecule has 0 aliphatic carbocycles. The first kappa shape index (κ1) is 29.4. The number of hydrogen-bond acceptors (Lipinski definition) is 4. The number of sulfonamides is 2. The van der Waals surface area contributed by atoms with Crippen LogP contribution in [-0.4, -0.2) is 50.6 Å². The fourth-order valence-electron chi connectivity index (χ4n) is 7.67. The highest BCUT2D eigenvalue weighted by Crippen LogP contribution is 2.42. The summed E-state index contributed by atoms with van der Waals surface area (Å²) in [5.41, 5.74) is 6.70. The van der Waals surface area contributed by atoms with Crippen molar-refractivity contribution in [3.8, 4) is 0 Å². The molecule has 6 nitrogen and oxygen atoms in total. The molecule has 0 amide bonds. The first-order chi connectivity index (χ1) is 21.1. The van der Waals surface area contributed by atoms with Crippen molar-refractivity contribution in [2.45, 2.75) is 73.2 Å². The molecule has 228 valence electrons. The molecule has 4 aromatic carbocycles. The predicted molar refractivity (Wildman–Crippen MR) is 173 cm³/mol. The van der Waals surface area contributed by atoms with Crippen molar-refractivity contribution in [1.82, 2.24) is 8.61 Å². The van der Waals surface area contributed by atoms with Crippen molar-refractivity contribution in [1.29, 1.82) is 0 Å². The van der Waals surface area contributed by atoms with E-state index in [4.69, 9.17) is 0 Å². The zero-order valence-corrected chi connectivity index (χ0v) is 26.8. The van der Waals surface area contributed by atoms with E-state index in [9.17, 15) is 16.8 Å². The van der Waals surface area contributed by atoms with Gasteiger partial charge in [-0.25, -0.2) is 16.8 Å². The van der Waals surface area contributed by atoms with Crippen molar-refractivity contribution in [3.63, 3.8) is 0 Å². The Kier molecular flexibility index (Phi) is 7.52. The summed E-state index contributed by atoms with van der Waals surface area (Å²) in [4.78, 5) is 1.01. The molecule has 0 aromatic heterocycles. The van der Waals surface area contributed by atoms with E-state index < -0.39 is 20.0 Å². The Hall–Kier alpha value is -3.30. The third-order valence-electron chi connectivity index (χ3n) is 9.79. The van der Waals surface area contributed by atoms with Crippen molar-refractivity contribution < 1.29 is 16.8 Å². The van der Waals surface area contributed by atoms with E-state index in [0.717, 1.165) is 47.9 Å². The average molecular weight is 627 g/mol. The normalized spacial score (nSPS) is 26.4. The smallest absolute Gasteiger partial charge is 0.207 e. The monoisotopic (exact) mass is 626 g/mol. The van der Waals surface area contributed by atoms with Gasteiger partial charge < -0.3 is 0 Å². The van der Waals surface area contributed by atoms with Crippen molar-refractivity contribution in [2.24, 2.45) is 0 Å².